The van der Waals surface area contributed by atoms with E-state index in [9.17, 15) is 50.5 Å². The van der Waals surface area contributed by atoms with Crippen LogP contribution >= 0.6 is 11.6 Å². The molecule has 0 saturated carbocycles. The SMILES string of the molecule is CCN(CC)S(=O)(=O)c1ccc(OC)c(N=Nc2c(O)c(C(=O)Nc3cc(Cl)c(OC)cc3OC)c(S(=O)(=O)O)c3cc(CN4C(=O)c5ccccc5C4=O)cc(CN4C(=O)c5ccccc5C4=O)c23)c1. The second kappa shape index (κ2) is 19.2. The smallest absolute Gasteiger partial charge is 0.296 e. The van der Waals surface area contributed by atoms with Crippen molar-refractivity contribution in [3.8, 4) is 23.0 Å². The molecule has 0 fully saturated rings. The van der Waals surface area contributed by atoms with Crippen molar-refractivity contribution >= 4 is 89.1 Å². The van der Waals surface area contributed by atoms with E-state index >= 15 is 0 Å². The highest BCUT2D eigenvalue weighted by Crippen LogP contribution is 2.48. The predicted octanol–water partition coefficient (Wildman–Crippen LogP) is 7.76. The van der Waals surface area contributed by atoms with Crippen LogP contribution in [0.4, 0.5) is 17.1 Å². The number of halogens is 1. The van der Waals surface area contributed by atoms with E-state index in [0.29, 0.717) is 0 Å². The van der Waals surface area contributed by atoms with Gasteiger partial charge in [-0.3, -0.25) is 38.3 Å². The highest BCUT2D eigenvalue weighted by atomic mass is 35.5. The molecule has 0 radical (unpaired) electrons. The maximum absolute atomic E-state index is 14.7. The zero-order chi connectivity index (χ0) is 51.3. The minimum Gasteiger partial charge on any atom is -0.505 e. The summed E-state index contributed by atoms with van der Waals surface area (Å²) in [5, 5.41) is 22.4. The summed E-state index contributed by atoms with van der Waals surface area (Å²) in [5.41, 5.74) is -2.21. The molecule has 71 heavy (non-hydrogen) atoms. The lowest BCUT2D eigenvalue weighted by Crippen LogP contribution is -2.30. The number of phenolic OH excluding ortho intramolecular Hbond substituents is 1. The number of methoxy groups -OCH3 is 3. The summed E-state index contributed by atoms with van der Waals surface area (Å²) in [5.74, 6) is -5.55. The van der Waals surface area contributed by atoms with E-state index in [1.807, 2.05) is 0 Å². The number of ether oxygens (including phenoxy) is 3. The van der Waals surface area contributed by atoms with Crippen LogP contribution in [0.1, 0.15) is 76.8 Å². The van der Waals surface area contributed by atoms with Gasteiger partial charge in [-0.25, -0.2) is 8.42 Å². The molecule has 0 spiro atoms. The number of carbonyl (C=O) groups is 5. The number of hydrogen-bond acceptors (Lipinski definition) is 15. The number of phenols is 1. The third-order valence-corrected chi connectivity index (χ3v) is 15.1. The molecular weight excluding hydrogens is 984 g/mol. The predicted molar refractivity (Wildman–Crippen MR) is 257 cm³/mol. The third-order valence-electron chi connectivity index (χ3n) is 11.8. The lowest BCUT2D eigenvalue weighted by Gasteiger charge is -2.22. The largest absolute Gasteiger partial charge is 0.505 e. The van der Waals surface area contributed by atoms with Crippen molar-refractivity contribution in [3.05, 3.63) is 135 Å². The fourth-order valence-corrected chi connectivity index (χ4v) is 11.1. The van der Waals surface area contributed by atoms with E-state index in [0.717, 1.165) is 21.9 Å². The van der Waals surface area contributed by atoms with Gasteiger partial charge in [0.05, 0.1) is 72.3 Å². The van der Waals surface area contributed by atoms with Crippen LogP contribution in [0.25, 0.3) is 10.8 Å². The monoisotopic (exact) mass is 1020 g/mol. The maximum atomic E-state index is 14.7. The molecule has 8 rings (SSSR count). The van der Waals surface area contributed by atoms with Crippen molar-refractivity contribution in [1.82, 2.24) is 14.1 Å². The number of amides is 5. The van der Waals surface area contributed by atoms with Crippen molar-refractivity contribution in [2.24, 2.45) is 10.2 Å². The molecule has 0 saturated heterocycles. The molecule has 0 bridgehead atoms. The van der Waals surface area contributed by atoms with Crippen molar-refractivity contribution in [2.45, 2.75) is 36.7 Å². The quantitative estimate of drug-likeness (QED) is 0.0475. The zero-order valence-electron chi connectivity index (χ0n) is 38.2. The van der Waals surface area contributed by atoms with E-state index in [-0.39, 0.29) is 85.0 Å². The molecule has 5 amide bonds. The van der Waals surface area contributed by atoms with Crippen LogP contribution in [-0.4, -0.2) is 105 Å². The molecule has 0 unspecified atom stereocenters. The van der Waals surface area contributed by atoms with Crippen LogP contribution in [0.2, 0.25) is 5.02 Å². The molecule has 23 heteroatoms. The van der Waals surface area contributed by atoms with Gasteiger partial charge in [0, 0.05) is 29.9 Å². The summed E-state index contributed by atoms with van der Waals surface area (Å²) in [6, 6.07) is 20.6. The number of sulfonamides is 1. The Morgan fingerprint density at radius 2 is 1.24 bits per heavy atom. The van der Waals surface area contributed by atoms with E-state index in [1.54, 1.807) is 38.1 Å². The number of nitrogens with zero attached hydrogens (tertiary/aromatic N) is 5. The molecule has 2 aliphatic heterocycles. The number of azo groups is 1. The molecule has 3 N–H and O–H groups in total. The van der Waals surface area contributed by atoms with E-state index in [2.05, 4.69) is 15.5 Å². The lowest BCUT2D eigenvalue weighted by atomic mass is 9.95. The Kier molecular flexibility index (Phi) is 13.4. The summed E-state index contributed by atoms with van der Waals surface area (Å²) in [6.07, 6.45) is 0. The first-order valence-corrected chi connectivity index (χ1v) is 24.6. The molecule has 6 aromatic rings. The topological polar surface area (TPSA) is 268 Å². The van der Waals surface area contributed by atoms with Crippen molar-refractivity contribution in [2.75, 3.05) is 39.7 Å². The Labute approximate surface area is 410 Å². The Balaban J connectivity index is 1.43. The molecule has 2 heterocycles. The van der Waals surface area contributed by atoms with Crippen LogP contribution in [-0.2, 0) is 33.2 Å². The molecule has 0 aliphatic carbocycles. The van der Waals surface area contributed by atoms with Crippen LogP contribution in [0.15, 0.2) is 111 Å². The first-order valence-electron chi connectivity index (χ1n) is 21.3. The summed E-state index contributed by atoms with van der Waals surface area (Å²) >= 11 is 6.40. The Morgan fingerprint density at radius 3 is 1.75 bits per heavy atom. The van der Waals surface area contributed by atoms with Gasteiger partial charge >= 0.3 is 0 Å². The number of carbonyl (C=O) groups excluding carboxylic acids is 5. The third kappa shape index (κ3) is 8.80. The number of benzene rings is 6. The van der Waals surface area contributed by atoms with E-state index in [4.69, 9.17) is 25.8 Å². The van der Waals surface area contributed by atoms with Crippen LogP contribution in [0.5, 0.6) is 23.0 Å². The first kappa shape index (κ1) is 49.7. The van der Waals surface area contributed by atoms with Crippen molar-refractivity contribution in [1.29, 1.82) is 0 Å². The molecule has 6 aromatic carbocycles. The van der Waals surface area contributed by atoms with Gasteiger partial charge in [-0.15, -0.1) is 10.2 Å². The molecule has 0 aromatic heterocycles. The number of aromatic hydroxyl groups is 1. The minimum atomic E-state index is -5.66. The van der Waals surface area contributed by atoms with Gasteiger partial charge in [0.15, 0.2) is 5.75 Å². The maximum Gasteiger partial charge on any atom is 0.296 e. The van der Waals surface area contributed by atoms with Gasteiger partial charge in [0.25, 0.3) is 39.7 Å². The van der Waals surface area contributed by atoms with Crippen molar-refractivity contribution in [3.63, 3.8) is 0 Å². The van der Waals surface area contributed by atoms with Gasteiger partial charge in [0.2, 0.25) is 10.0 Å². The van der Waals surface area contributed by atoms with Crippen LogP contribution < -0.4 is 19.5 Å². The van der Waals surface area contributed by atoms with Gasteiger partial charge in [0.1, 0.15) is 39.1 Å². The van der Waals surface area contributed by atoms with Gasteiger partial charge in [-0.05, 0) is 65.7 Å². The fraction of sp³-hybridized carbons (Fsp3) is 0.188. The first-order chi connectivity index (χ1) is 33.8. The number of hydrogen-bond donors (Lipinski definition) is 3. The lowest BCUT2D eigenvalue weighted by molar-refractivity contribution is 0.0630. The van der Waals surface area contributed by atoms with Gasteiger partial charge in [-0.2, -0.15) is 12.7 Å². The second-order valence-electron chi connectivity index (χ2n) is 15.8. The Hall–Kier alpha value is -7.76. The summed E-state index contributed by atoms with van der Waals surface area (Å²) < 4.78 is 83.7. The number of nitrogens with one attached hydrogen (secondary N) is 1. The fourth-order valence-electron chi connectivity index (χ4n) is 8.48. The van der Waals surface area contributed by atoms with Crippen molar-refractivity contribution < 1.29 is 64.7 Å². The highest BCUT2D eigenvalue weighted by Gasteiger charge is 2.39. The molecule has 0 atom stereocenters. The van der Waals surface area contributed by atoms with Gasteiger partial charge < -0.3 is 24.6 Å². The molecule has 20 nitrogen and oxygen atoms in total. The summed E-state index contributed by atoms with van der Waals surface area (Å²) in [6.45, 7) is 2.27. The Morgan fingerprint density at radius 1 is 0.704 bits per heavy atom. The molecular formula is C48H41ClN6O14S2. The standard InChI is InChI=1S/C48H41ClN6O14S2/c1-6-53(7-2)70(62,63)27-16-17-36(67-3)35(20-27)51-52-41-39-26(24-55-47(60)30-14-10-11-15-31(30)48(55)61)18-25(23-54-45(58)28-12-8-9-13-29(28)46(54)59)19-32(39)43(71(64,65)66)40(42(41)56)44(57)50-34-21-33(49)37(68-4)22-38(34)69-5/h8-22,56H,6-7,23-24H2,1-5H3,(H,50,57)(H,64,65,66). The number of rotatable bonds is 16. The average molecular weight is 1030 g/mol. The van der Waals surface area contributed by atoms with E-state index < -0.39 is 95.4 Å². The zero-order valence-corrected chi connectivity index (χ0v) is 40.6. The Bertz CT molecular complexity index is 3480. The normalized spacial score (nSPS) is 13.7. The second-order valence-corrected chi connectivity index (χ2v) is 19.5. The summed E-state index contributed by atoms with van der Waals surface area (Å²) in [7, 11) is -5.95. The molecule has 2 aliphatic rings. The van der Waals surface area contributed by atoms with E-state index in [1.165, 1.54) is 80.2 Å². The molecule has 366 valence electrons. The minimum absolute atomic E-state index is 0.0250. The highest BCUT2D eigenvalue weighted by molar-refractivity contribution is 7.89. The average Bonchev–Trinajstić information content (AvgIpc) is 3.73. The number of imide groups is 2. The van der Waals surface area contributed by atoms with Crippen LogP contribution in [0, 0.1) is 0 Å². The van der Waals surface area contributed by atoms with Gasteiger partial charge in [-0.1, -0.05) is 55.8 Å². The number of anilines is 1. The summed E-state index contributed by atoms with van der Waals surface area (Å²) in [4.78, 5) is 70.3. The number of fused-ring (bicyclic) bond motifs is 3. The van der Waals surface area contributed by atoms with Crippen LogP contribution in [0.3, 0.4) is 0 Å².